The Kier molecular flexibility index (Phi) is 3.63. The van der Waals surface area contributed by atoms with Gasteiger partial charge in [0.15, 0.2) is 0 Å². The summed E-state index contributed by atoms with van der Waals surface area (Å²) in [4.78, 5) is 34.4. The van der Waals surface area contributed by atoms with Crippen LogP contribution in [0.4, 0.5) is 11.4 Å². The van der Waals surface area contributed by atoms with E-state index in [0.29, 0.717) is 10.7 Å². The fraction of sp³-hybridized carbons (Fsp3) is 0. The van der Waals surface area contributed by atoms with E-state index in [-0.39, 0.29) is 17.0 Å². The third-order valence-corrected chi connectivity index (χ3v) is 3.46. The molecule has 8 heteroatoms. The second-order valence-corrected chi connectivity index (χ2v) is 5.11. The highest BCUT2D eigenvalue weighted by molar-refractivity contribution is 6.72. The summed E-state index contributed by atoms with van der Waals surface area (Å²) < 4.78 is 0. The zero-order valence-electron chi connectivity index (χ0n) is 11.5. The number of ketones is 1. The number of anilines is 1. The first-order chi connectivity index (χ1) is 11.0. The maximum Gasteiger partial charge on any atom is 0.321 e. The molecule has 0 aliphatic carbocycles. The van der Waals surface area contributed by atoms with E-state index >= 15 is 0 Å². The van der Waals surface area contributed by atoms with Gasteiger partial charge in [0.2, 0.25) is 0 Å². The highest BCUT2D eigenvalue weighted by atomic mass is 35.5. The Morgan fingerprint density at radius 3 is 2.43 bits per heavy atom. The number of hydrogen-bond donors (Lipinski definition) is 0. The lowest BCUT2D eigenvalue weighted by Crippen LogP contribution is -2.27. The van der Waals surface area contributed by atoms with Gasteiger partial charge in [-0.1, -0.05) is 23.7 Å². The number of nitro groups is 1. The first kappa shape index (κ1) is 14.9. The molecule has 3 rings (SSSR count). The van der Waals surface area contributed by atoms with Crippen molar-refractivity contribution in [2.24, 2.45) is 5.10 Å². The molecule has 23 heavy (non-hydrogen) atoms. The zero-order valence-corrected chi connectivity index (χ0v) is 12.2. The number of Topliss-reactive ketones (excluding diaryl/α,β-unsaturated/α-hetero) is 1. The molecule has 1 aliphatic rings. The molecule has 114 valence electrons. The van der Waals surface area contributed by atoms with Crippen LogP contribution in [-0.2, 0) is 9.59 Å². The minimum Gasteiger partial charge on any atom is -0.281 e. The molecule has 0 N–H and O–H groups in total. The molecular weight excluding hydrogens is 322 g/mol. The molecule has 2 aromatic carbocycles. The molecule has 0 atom stereocenters. The molecule has 0 radical (unpaired) electrons. The van der Waals surface area contributed by atoms with Crippen molar-refractivity contribution in [1.29, 1.82) is 0 Å². The summed E-state index contributed by atoms with van der Waals surface area (Å²) in [7, 11) is 0. The summed E-state index contributed by atoms with van der Waals surface area (Å²) in [5.74, 6) is -1.64. The number of hydrazone groups is 1. The fourth-order valence-corrected chi connectivity index (χ4v) is 2.23. The van der Waals surface area contributed by atoms with E-state index in [4.69, 9.17) is 11.6 Å². The summed E-state index contributed by atoms with van der Waals surface area (Å²) in [6.07, 6.45) is 0. The number of nitro benzene ring substituents is 1. The van der Waals surface area contributed by atoms with Crippen molar-refractivity contribution < 1.29 is 14.5 Å². The van der Waals surface area contributed by atoms with Crippen LogP contribution in [-0.4, -0.2) is 22.3 Å². The van der Waals surface area contributed by atoms with Gasteiger partial charge in [0.1, 0.15) is 5.71 Å². The van der Waals surface area contributed by atoms with Crippen molar-refractivity contribution in [3.05, 3.63) is 69.2 Å². The Hall–Kier alpha value is -3.06. The average Bonchev–Trinajstić information content (AvgIpc) is 2.84. The predicted octanol–water partition coefficient (Wildman–Crippen LogP) is 2.57. The van der Waals surface area contributed by atoms with Crippen molar-refractivity contribution in [3.8, 4) is 0 Å². The van der Waals surface area contributed by atoms with Gasteiger partial charge in [0.05, 0.1) is 10.6 Å². The van der Waals surface area contributed by atoms with Gasteiger partial charge in [-0.2, -0.15) is 10.1 Å². The highest BCUT2D eigenvalue weighted by Crippen LogP contribution is 2.24. The van der Waals surface area contributed by atoms with Gasteiger partial charge in [0.25, 0.3) is 11.5 Å². The molecule has 7 nitrogen and oxygen atoms in total. The fourth-order valence-electron chi connectivity index (χ4n) is 2.10. The smallest absolute Gasteiger partial charge is 0.281 e. The van der Waals surface area contributed by atoms with Gasteiger partial charge in [-0.25, -0.2) is 0 Å². The average molecular weight is 330 g/mol. The van der Waals surface area contributed by atoms with Crippen LogP contribution in [0, 0.1) is 10.1 Å². The number of nitrogens with zero attached hydrogens (tertiary/aromatic N) is 3. The van der Waals surface area contributed by atoms with Crippen molar-refractivity contribution in [3.63, 3.8) is 0 Å². The topological polar surface area (TPSA) is 92.9 Å². The zero-order chi connectivity index (χ0) is 16.6. The molecule has 0 saturated heterocycles. The Morgan fingerprint density at radius 2 is 1.78 bits per heavy atom. The number of rotatable bonds is 3. The monoisotopic (exact) mass is 329 g/mol. The summed E-state index contributed by atoms with van der Waals surface area (Å²) in [6.45, 7) is 0. The first-order valence-electron chi connectivity index (χ1n) is 6.45. The molecule has 1 heterocycles. The number of amides is 1. The largest absolute Gasteiger partial charge is 0.321 e. The number of carbonyl (C=O) groups is 2. The van der Waals surface area contributed by atoms with E-state index in [1.54, 1.807) is 24.3 Å². The van der Waals surface area contributed by atoms with E-state index in [2.05, 4.69) is 5.10 Å². The van der Waals surface area contributed by atoms with Crippen LogP contribution in [0.25, 0.3) is 0 Å². The molecule has 0 aromatic heterocycles. The maximum atomic E-state index is 12.1. The molecule has 0 saturated carbocycles. The number of benzene rings is 2. The minimum atomic E-state index is -0.825. The van der Waals surface area contributed by atoms with E-state index in [0.717, 1.165) is 5.01 Å². The molecule has 0 unspecified atom stereocenters. The summed E-state index contributed by atoms with van der Waals surface area (Å²) in [5.41, 5.74) is 0.284. The Bertz CT molecular complexity index is 861. The molecule has 2 aromatic rings. The van der Waals surface area contributed by atoms with E-state index in [1.165, 1.54) is 24.3 Å². The summed E-state index contributed by atoms with van der Waals surface area (Å²) in [6, 6.07) is 11.6. The van der Waals surface area contributed by atoms with Crippen LogP contribution in [0.5, 0.6) is 0 Å². The lowest BCUT2D eigenvalue weighted by atomic mass is 10.1. The second-order valence-electron chi connectivity index (χ2n) is 4.68. The van der Waals surface area contributed by atoms with Crippen molar-refractivity contribution in [2.45, 2.75) is 0 Å². The van der Waals surface area contributed by atoms with Crippen molar-refractivity contribution in [2.75, 3.05) is 5.01 Å². The van der Waals surface area contributed by atoms with Gasteiger partial charge in [-0.15, -0.1) is 0 Å². The third kappa shape index (κ3) is 2.69. The lowest BCUT2D eigenvalue weighted by molar-refractivity contribution is -0.384. The number of halogens is 1. The van der Waals surface area contributed by atoms with Gasteiger partial charge < -0.3 is 0 Å². The van der Waals surface area contributed by atoms with Crippen molar-refractivity contribution in [1.82, 2.24) is 0 Å². The van der Waals surface area contributed by atoms with E-state index in [1.807, 2.05) is 0 Å². The minimum absolute atomic E-state index is 0.131. The van der Waals surface area contributed by atoms with Gasteiger partial charge in [0, 0.05) is 22.7 Å². The van der Waals surface area contributed by atoms with Gasteiger partial charge in [-0.3, -0.25) is 19.7 Å². The quantitative estimate of drug-likeness (QED) is 0.491. The Morgan fingerprint density at radius 1 is 1.09 bits per heavy atom. The molecular formula is C15H8ClN3O4. The number of hydrogen-bond acceptors (Lipinski definition) is 5. The van der Waals surface area contributed by atoms with E-state index in [9.17, 15) is 19.7 Å². The van der Waals surface area contributed by atoms with Crippen LogP contribution in [0.1, 0.15) is 5.56 Å². The van der Waals surface area contributed by atoms with E-state index < -0.39 is 16.6 Å². The SMILES string of the molecule is O=C1C(=O)N(c2ccc(Cl)cc2)N=C1c1cccc([N+](=O)[O-])c1. The molecule has 0 bridgehead atoms. The molecule has 0 spiro atoms. The third-order valence-electron chi connectivity index (χ3n) is 3.20. The van der Waals surface area contributed by atoms with Crippen LogP contribution in [0.2, 0.25) is 5.02 Å². The number of carbonyl (C=O) groups excluding carboxylic acids is 2. The Balaban J connectivity index is 2.02. The van der Waals surface area contributed by atoms with Gasteiger partial charge >= 0.3 is 5.91 Å². The summed E-state index contributed by atoms with van der Waals surface area (Å²) >= 11 is 5.78. The summed E-state index contributed by atoms with van der Waals surface area (Å²) in [5, 5.41) is 16.3. The van der Waals surface area contributed by atoms with Gasteiger partial charge in [-0.05, 0) is 24.3 Å². The normalized spacial score (nSPS) is 14.1. The van der Waals surface area contributed by atoms with Crippen LogP contribution in [0.15, 0.2) is 53.6 Å². The molecule has 1 amide bonds. The standard InChI is InChI=1S/C15H8ClN3O4/c16-10-4-6-11(7-5-10)18-15(21)14(20)13(17-18)9-2-1-3-12(8-9)19(22)23/h1-8H. The van der Waals surface area contributed by atoms with Crippen LogP contribution < -0.4 is 5.01 Å². The molecule has 0 fully saturated rings. The number of non-ortho nitro benzene ring substituents is 1. The predicted molar refractivity (Wildman–Crippen MR) is 83.6 cm³/mol. The Labute approximate surface area is 134 Å². The van der Waals surface area contributed by atoms with Crippen LogP contribution >= 0.6 is 11.6 Å². The molecule has 1 aliphatic heterocycles. The van der Waals surface area contributed by atoms with Crippen LogP contribution in [0.3, 0.4) is 0 Å². The second kappa shape index (κ2) is 5.62. The lowest BCUT2D eigenvalue weighted by Gasteiger charge is -2.09. The van der Waals surface area contributed by atoms with Crippen molar-refractivity contribution >= 4 is 40.4 Å². The highest BCUT2D eigenvalue weighted by Gasteiger charge is 2.36. The first-order valence-corrected chi connectivity index (χ1v) is 6.83. The maximum absolute atomic E-state index is 12.1.